The molecule has 0 spiro atoms. The first kappa shape index (κ1) is 18.1. The van der Waals surface area contributed by atoms with E-state index in [1.54, 1.807) is 30.3 Å². The zero-order chi connectivity index (χ0) is 14.7. The van der Waals surface area contributed by atoms with Crippen molar-refractivity contribution in [1.29, 1.82) is 0 Å². The third kappa shape index (κ3) is 5.30. The predicted octanol–water partition coefficient (Wildman–Crippen LogP) is 2.76. The minimum atomic E-state index is -3.31. The van der Waals surface area contributed by atoms with Gasteiger partial charge in [-0.25, -0.2) is 8.42 Å². The molecule has 0 amide bonds. The highest BCUT2D eigenvalue weighted by atomic mass is 32.2. The number of hydrogen-bond donors (Lipinski definition) is 0. The molecule has 1 aliphatic heterocycles. The zero-order valence-corrected chi connectivity index (χ0v) is 13.1. The van der Waals surface area contributed by atoms with Crippen molar-refractivity contribution in [3.8, 4) is 0 Å². The fourth-order valence-electron chi connectivity index (χ4n) is 1.53. The second-order valence-electron chi connectivity index (χ2n) is 3.33. The summed E-state index contributed by atoms with van der Waals surface area (Å²) in [6, 6.07) is 8.49. The summed E-state index contributed by atoms with van der Waals surface area (Å²) in [5.41, 5.74) is 0. The van der Waals surface area contributed by atoms with Crippen LogP contribution in [0.2, 0.25) is 0 Å². The molecule has 1 fully saturated rings. The molecule has 1 aromatic carbocycles. The average molecular weight is 287 g/mol. The largest absolute Gasteiger partial charge is 0.379 e. The topological polar surface area (TPSA) is 46.6 Å². The first-order chi connectivity index (χ1) is 9.21. The van der Waals surface area contributed by atoms with E-state index in [4.69, 9.17) is 4.74 Å². The Balaban J connectivity index is 0.000000741. The number of hydrogen-bond acceptors (Lipinski definition) is 3. The molecule has 0 bridgehead atoms. The van der Waals surface area contributed by atoms with Crippen LogP contribution in [0.5, 0.6) is 0 Å². The summed E-state index contributed by atoms with van der Waals surface area (Å²) in [6.45, 7) is 9.84. The quantitative estimate of drug-likeness (QED) is 0.840. The van der Waals surface area contributed by atoms with Crippen molar-refractivity contribution >= 4 is 10.0 Å². The summed E-state index contributed by atoms with van der Waals surface area (Å²) in [5.74, 6) is 0. The summed E-state index contributed by atoms with van der Waals surface area (Å²) in [7, 11) is -3.31. The molecule has 4 nitrogen and oxygen atoms in total. The minimum absolute atomic E-state index is 0.354. The minimum Gasteiger partial charge on any atom is -0.379 e. The molecule has 0 aromatic heterocycles. The molecule has 1 aliphatic rings. The third-order valence-electron chi connectivity index (χ3n) is 2.35. The zero-order valence-electron chi connectivity index (χ0n) is 12.3. The van der Waals surface area contributed by atoms with Gasteiger partial charge in [-0.15, -0.1) is 0 Å². The van der Waals surface area contributed by atoms with Crippen molar-refractivity contribution < 1.29 is 13.2 Å². The van der Waals surface area contributed by atoms with Gasteiger partial charge < -0.3 is 4.74 Å². The molecule has 0 unspecified atom stereocenters. The number of ether oxygens (including phenoxy) is 1. The molecule has 0 radical (unpaired) electrons. The van der Waals surface area contributed by atoms with Crippen LogP contribution in [0.25, 0.3) is 0 Å². The Hall–Kier alpha value is -0.910. The lowest BCUT2D eigenvalue weighted by molar-refractivity contribution is 0.0730. The Bertz CT molecular complexity index is 412. The molecule has 110 valence electrons. The van der Waals surface area contributed by atoms with Gasteiger partial charge in [0.05, 0.1) is 18.1 Å². The van der Waals surface area contributed by atoms with Gasteiger partial charge in [-0.2, -0.15) is 4.31 Å². The van der Waals surface area contributed by atoms with Gasteiger partial charge >= 0.3 is 0 Å². The van der Waals surface area contributed by atoms with Gasteiger partial charge in [0.1, 0.15) is 0 Å². The summed E-state index contributed by atoms with van der Waals surface area (Å²) >= 11 is 0. The van der Waals surface area contributed by atoms with Crippen LogP contribution in [0.4, 0.5) is 0 Å². The Morgan fingerprint density at radius 2 is 1.42 bits per heavy atom. The molecule has 2 rings (SSSR count). The normalized spacial score (nSPS) is 15.6. The van der Waals surface area contributed by atoms with Crippen LogP contribution in [0.1, 0.15) is 27.7 Å². The van der Waals surface area contributed by atoms with Crippen LogP contribution >= 0.6 is 0 Å². The molecule has 1 heterocycles. The Kier molecular flexibility index (Phi) is 9.47. The smallest absolute Gasteiger partial charge is 0.243 e. The summed E-state index contributed by atoms with van der Waals surface area (Å²) in [5, 5.41) is 0. The summed E-state index contributed by atoms with van der Waals surface area (Å²) in [6.07, 6.45) is 0. The van der Waals surface area contributed by atoms with Crippen LogP contribution in [-0.2, 0) is 14.8 Å². The SMILES string of the molecule is CC.CC.O=S(=O)(c1ccccc1)N1CCOCC1. The monoisotopic (exact) mass is 287 g/mol. The number of nitrogens with zero attached hydrogens (tertiary/aromatic N) is 1. The molecular weight excluding hydrogens is 262 g/mol. The highest BCUT2D eigenvalue weighted by Crippen LogP contribution is 2.15. The van der Waals surface area contributed by atoms with Gasteiger partial charge in [-0.3, -0.25) is 0 Å². The highest BCUT2D eigenvalue weighted by Gasteiger charge is 2.25. The van der Waals surface area contributed by atoms with Crippen LogP contribution in [0.15, 0.2) is 35.2 Å². The van der Waals surface area contributed by atoms with Crippen molar-refractivity contribution in [2.45, 2.75) is 32.6 Å². The maximum absolute atomic E-state index is 12.1. The average Bonchev–Trinajstić information content (AvgIpc) is 2.53. The number of sulfonamides is 1. The molecule has 5 heteroatoms. The second kappa shape index (κ2) is 9.95. The molecule has 19 heavy (non-hydrogen) atoms. The molecule has 0 N–H and O–H groups in total. The van der Waals surface area contributed by atoms with Gasteiger partial charge in [-0.05, 0) is 12.1 Å². The fourth-order valence-corrected chi connectivity index (χ4v) is 2.96. The van der Waals surface area contributed by atoms with Gasteiger partial charge in [0.15, 0.2) is 0 Å². The first-order valence-electron chi connectivity index (χ1n) is 6.84. The maximum atomic E-state index is 12.1. The van der Waals surface area contributed by atoms with E-state index in [2.05, 4.69) is 0 Å². The Labute approximate surface area is 117 Å². The highest BCUT2D eigenvalue weighted by molar-refractivity contribution is 7.89. The van der Waals surface area contributed by atoms with Gasteiger partial charge in [0, 0.05) is 13.1 Å². The second-order valence-corrected chi connectivity index (χ2v) is 5.27. The fraction of sp³-hybridized carbons (Fsp3) is 0.571. The van der Waals surface area contributed by atoms with Crippen molar-refractivity contribution in [2.75, 3.05) is 26.3 Å². The van der Waals surface area contributed by atoms with Gasteiger partial charge in [0.2, 0.25) is 10.0 Å². The summed E-state index contributed by atoms with van der Waals surface area (Å²) < 4.78 is 30.7. The molecular formula is C14H25NO3S. The van der Waals surface area contributed by atoms with E-state index >= 15 is 0 Å². The van der Waals surface area contributed by atoms with Crippen LogP contribution in [0, 0.1) is 0 Å². The van der Waals surface area contributed by atoms with Gasteiger partial charge in [0.25, 0.3) is 0 Å². The van der Waals surface area contributed by atoms with Crippen molar-refractivity contribution in [1.82, 2.24) is 4.31 Å². The van der Waals surface area contributed by atoms with E-state index in [-0.39, 0.29) is 0 Å². The standard InChI is InChI=1S/C10H13NO3S.2C2H6/c12-15(13,10-4-2-1-3-5-10)11-6-8-14-9-7-11;2*1-2/h1-5H,6-9H2;2*1-2H3. The molecule has 0 atom stereocenters. The lowest BCUT2D eigenvalue weighted by Crippen LogP contribution is -2.40. The summed E-state index contributed by atoms with van der Waals surface area (Å²) in [4.78, 5) is 0.354. The van der Waals surface area contributed by atoms with E-state index in [0.717, 1.165) is 0 Å². The molecule has 1 saturated heterocycles. The third-order valence-corrected chi connectivity index (χ3v) is 4.26. The lowest BCUT2D eigenvalue weighted by Gasteiger charge is -2.25. The van der Waals surface area contributed by atoms with E-state index < -0.39 is 10.0 Å². The van der Waals surface area contributed by atoms with Crippen molar-refractivity contribution in [2.24, 2.45) is 0 Å². The van der Waals surface area contributed by atoms with Crippen LogP contribution < -0.4 is 0 Å². The number of morpholine rings is 1. The van der Waals surface area contributed by atoms with Gasteiger partial charge in [-0.1, -0.05) is 45.9 Å². The van der Waals surface area contributed by atoms with E-state index in [1.165, 1.54) is 4.31 Å². The molecule has 0 aliphatic carbocycles. The van der Waals surface area contributed by atoms with Crippen LogP contribution in [-0.4, -0.2) is 39.0 Å². The van der Waals surface area contributed by atoms with E-state index in [0.29, 0.717) is 31.2 Å². The van der Waals surface area contributed by atoms with Crippen molar-refractivity contribution in [3.63, 3.8) is 0 Å². The Morgan fingerprint density at radius 3 is 1.89 bits per heavy atom. The molecule has 1 aromatic rings. The number of benzene rings is 1. The number of rotatable bonds is 2. The first-order valence-corrected chi connectivity index (χ1v) is 8.28. The van der Waals surface area contributed by atoms with E-state index in [9.17, 15) is 8.42 Å². The van der Waals surface area contributed by atoms with Crippen molar-refractivity contribution in [3.05, 3.63) is 30.3 Å². The Morgan fingerprint density at radius 1 is 0.947 bits per heavy atom. The lowest BCUT2D eigenvalue weighted by atomic mass is 10.4. The molecule has 0 saturated carbocycles. The maximum Gasteiger partial charge on any atom is 0.243 e. The predicted molar refractivity (Wildman–Crippen MR) is 78.7 cm³/mol. The van der Waals surface area contributed by atoms with E-state index in [1.807, 2.05) is 27.7 Å². The van der Waals surface area contributed by atoms with Crippen LogP contribution in [0.3, 0.4) is 0 Å².